The van der Waals surface area contributed by atoms with E-state index in [9.17, 15) is 8.42 Å². The number of sulfone groups is 1. The Morgan fingerprint density at radius 3 is 2.50 bits per heavy atom. The minimum absolute atomic E-state index is 0.0771. The van der Waals surface area contributed by atoms with Crippen LogP contribution in [-0.2, 0) is 15.4 Å². The quantitative estimate of drug-likeness (QED) is 0.347. The van der Waals surface area contributed by atoms with Gasteiger partial charge in [-0.2, -0.15) is 0 Å². The normalized spacial score (nSPS) is 26.2. The summed E-state index contributed by atoms with van der Waals surface area (Å²) in [5.74, 6) is 0. The van der Waals surface area contributed by atoms with Crippen LogP contribution in [0.2, 0.25) is 5.15 Å². The first-order valence-corrected chi connectivity index (χ1v) is 13.5. The Hall–Kier alpha value is -3.53. The minimum Gasteiger partial charge on any atom is -0.367 e. The van der Waals surface area contributed by atoms with Crippen LogP contribution in [0.5, 0.6) is 0 Å². The van der Waals surface area contributed by atoms with E-state index in [0.29, 0.717) is 22.8 Å². The summed E-state index contributed by atoms with van der Waals surface area (Å²) in [6, 6.07) is 5.45. The van der Waals surface area contributed by atoms with E-state index in [1.54, 1.807) is 36.4 Å². The van der Waals surface area contributed by atoms with Crippen LogP contribution in [0, 0.1) is 0 Å². The highest BCUT2D eigenvalue weighted by molar-refractivity contribution is 7.94. The fourth-order valence-corrected chi connectivity index (χ4v) is 6.52. The largest absolute Gasteiger partial charge is 0.367 e. The van der Waals surface area contributed by atoms with Crippen LogP contribution in [0.3, 0.4) is 0 Å². The maximum Gasteiger partial charge on any atom is 0.191 e. The molecule has 8 nitrogen and oxygen atoms in total. The number of alkyl halides is 1. The highest BCUT2D eigenvalue weighted by atomic mass is 35.5. The van der Waals surface area contributed by atoms with Gasteiger partial charge in [-0.25, -0.2) is 23.4 Å². The molecule has 0 saturated heterocycles. The van der Waals surface area contributed by atoms with Gasteiger partial charge in [0.15, 0.2) is 14.8 Å². The van der Waals surface area contributed by atoms with Crippen molar-refractivity contribution in [1.82, 2.24) is 20.3 Å². The predicted octanol–water partition coefficient (Wildman–Crippen LogP) is 2.18. The zero-order chi connectivity index (χ0) is 25.1. The maximum absolute atomic E-state index is 13.1. The van der Waals surface area contributed by atoms with Crippen molar-refractivity contribution in [2.45, 2.75) is 10.5 Å². The van der Waals surface area contributed by atoms with E-state index in [0.717, 1.165) is 22.7 Å². The van der Waals surface area contributed by atoms with Crippen molar-refractivity contribution < 1.29 is 8.42 Å². The lowest BCUT2D eigenvalue weighted by molar-refractivity contribution is 0.573. The molecular formula is C25H18Cl2N6O2S. The van der Waals surface area contributed by atoms with E-state index >= 15 is 0 Å². The second-order valence-corrected chi connectivity index (χ2v) is 11.6. The summed E-state index contributed by atoms with van der Waals surface area (Å²) in [5, 5.41) is 5.22. The number of aromatic nitrogens is 3. The molecule has 0 radical (unpaired) electrons. The topological polar surface area (TPSA) is 112 Å². The zero-order valence-electron chi connectivity index (χ0n) is 18.8. The van der Waals surface area contributed by atoms with Crippen LogP contribution < -0.4 is 16.0 Å². The Labute approximate surface area is 216 Å². The molecule has 2 unspecified atom stereocenters. The van der Waals surface area contributed by atoms with Gasteiger partial charge in [0, 0.05) is 23.0 Å². The molecule has 0 aromatic carbocycles. The number of aliphatic imine (C=N–C) groups is 2. The molecule has 0 amide bonds. The number of allylic oxidation sites excluding steroid dienone is 4. The summed E-state index contributed by atoms with van der Waals surface area (Å²) >= 11 is 13.1. The molecule has 0 aliphatic carbocycles. The molecule has 180 valence electrons. The molecule has 4 aliphatic heterocycles. The lowest BCUT2D eigenvalue weighted by Crippen LogP contribution is -2.38. The monoisotopic (exact) mass is 536 g/mol. The number of aromatic amines is 1. The number of hydrogen-bond acceptors (Lipinski definition) is 7. The first-order valence-electron chi connectivity index (χ1n) is 10.9. The maximum atomic E-state index is 13.1. The minimum atomic E-state index is -3.82. The third-order valence-corrected chi connectivity index (χ3v) is 8.00. The highest BCUT2D eigenvalue weighted by Gasteiger charge is 2.44. The van der Waals surface area contributed by atoms with Gasteiger partial charge in [-0.3, -0.25) is 4.99 Å². The van der Waals surface area contributed by atoms with Crippen LogP contribution in [0.4, 0.5) is 0 Å². The molecule has 36 heavy (non-hydrogen) atoms. The number of halogens is 2. The van der Waals surface area contributed by atoms with Crippen LogP contribution in [0.1, 0.15) is 5.69 Å². The fraction of sp³-hybridized carbons (Fsp3) is 0.120. The summed E-state index contributed by atoms with van der Waals surface area (Å²) < 4.78 is 26.2. The van der Waals surface area contributed by atoms with Gasteiger partial charge < -0.3 is 10.3 Å². The van der Waals surface area contributed by atoms with E-state index in [2.05, 4.69) is 25.3 Å². The van der Waals surface area contributed by atoms with Gasteiger partial charge in [0.2, 0.25) is 0 Å². The number of rotatable bonds is 2. The molecule has 2 N–H and O–H groups in total. The van der Waals surface area contributed by atoms with Crippen molar-refractivity contribution in [3.05, 3.63) is 105 Å². The molecule has 0 fully saturated rings. The van der Waals surface area contributed by atoms with Gasteiger partial charge in [-0.05, 0) is 66.8 Å². The molecule has 2 aromatic rings. The first kappa shape index (κ1) is 22.9. The van der Waals surface area contributed by atoms with Gasteiger partial charge in [0.1, 0.15) is 21.9 Å². The third-order valence-electron chi connectivity index (χ3n) is 6.01. The van der Waals surface area contributed by atoms with E-state index in [-0.39, 0.29) is 10.1 Å². The highest BCUT2D eigenvalue weighted by Crippen LogP contribution is 2.41. The summed E-state index contributed by atoms with van der Waals surface area (Å²) in [5.41, 5.74) is 1.67. The average Bonchev–Trinajstić information content (AvgIpc) is 3.58. The number of nitrogens with one attached hydrogen (secondary N) is 2. The molecule has 8 bridgehead atoms. The van der Waals surface area contributed by atoms with Crippen LogP contribution in [0.15, 0.2) is 93.3 Å². The second kappa shape index (κ2) is 7.99. The van der Waals surface area contributed by atoms with Gasteiger partial charge >= 0.3 is 0 Å². The Morgan fingerprint density at radius 1 is 0.972 bits per heavy atom. The van der Waals surface area contributed by atoms with Crippen molar-refractivity contribution >= 4 is 56.6 Å². The smallest absolute Gasteiger partial charge is 0.191 e. The SMILES string of the molecule is CS(=O)(=O)C1=C2C=CC(c3cc(Cl)ncn3)(C=C3C=CC(=N3)C=c3ccc([nH]3)=CC3=NC1(Cl)C=C3)N2. The van der Waals surface area contributed by atoms with Crippen molar-refractivity contribution in [3.63, 3.8) is 0 Å². The van der Waals surface area contributed by atoms with E-state index in [1.807, 2.05) is 36.4 Å². The number of hydrogen-bond donors (Lipinski definition) is 2. The molecule has 0 saturated carbocycles. The van der Waals surface area contributed by atoms with E-state index < -0.39 is 20.4 Å². The fourth-order valence-electron chi connectivity index (χ4n) is 4.54. The van der Waals surface area contributed by atoms with Crippen molar-refractivity contribution in [2.24, 2.45) is 9.98 Å². The number of nitrogens with zero attached hydrogens (tertiary/aromatic N) is 4. The van der Waals surface area contributed by atoms with Gasteiger partial charge in [-0.1, -0.05) is 23.2 Å². The van der Waals surface area contributed by atoms with Crippen molar-refractivity contribution in [1.29, 1.82) is 0 Å². The Morgan fingerprint density at radius 2 is 1.75 bits per heavy atom. The van der Waals surface area contributed by atoms with Crippen LogP contribution >= 0.6 is 23.2 Å². The molecule has 6 rings (SSSR count). The molecule has 4 aliphatic rings. The number of fused-ring (bicyclic) bond motifs is 6. The predicted molar refractivity (Wildman–Crippen MR) is 142 cm³/mol. The van der Waals surface area contributed by atoms with Crippen molar-refractivity contribution in [3.8, 4) is 0 Å². The lowest BCUT2D eigenvalue weighted by atomic mass is 9.95. The van der Waals surface area contributed by atoms with Gasteiger partial charge in [0.05, 0.1) is 28.5 Å². The van der Waals surface area contributed by atoms with Crippen LogP contribution in [0.25, 0.3) is 12.2 Å². The summed E-state index contributed by atoms with van der Waals surface area (Å²) in [6.45, 7) is 0. The molecule has 0 spiro atoms. The zero-order valence-corrected chi connectivity index (χ0v) is 21.1. The third kappa shape index (κ3) is 3.99. The van der Waals surface area contributed by atoms with E-state index in [4.69, 9.17) is 28.2 Å². The number of H-pyrrole nitrogens is 1. The molecule has 11 heteroatoms. The van der Waals surface area contributed by atoms with Crippen molar-refractivity contribution in [2.75, 3.05) is 6.26 Å². The molecule has 2 aromatic heterocycles. The first-order chi connectivity index (χ1) is 17.1. The Balaban J connectivity index is 1.65. The van der Waals surface area contributed by atoms with Gasteiger partial charge in [0.25, 0.3) is 0 Å². The molecular weight excluding hydrogens is 519 g/mol. The van der Waals surface area contributed by atoms with Crippen LogP contribution in [-0.4, -0.2) is 46.0 Å². The molecule has 2 atom stereocenters. The summed E-state index contributed by atoms with van der Waals surface area (Å²) in [6.07, 6.45) is 18.6. The summed E-state index contributed by atoms with van der Waals surface area (Å²) in [7, 11) is -3.82. The average molecular weight is 537 g/mol. The molecule has 6 heterocycles. The summed E-state index contributed by atoms with van der Waals surface area (Å²) in [4.78, 5) is 19.3. The van der Waals surface area contributed by atoms with Gasteiger partial charge in [-0.15, -0.1) is 0 Å². The Bertz CT molecular complexity index is 1780. The standard InChI is InChI=1S/C25H18Cl2N6O2S/c1-36(34,35)23-20-7-8-24(33-20,21-12-22(26)29-14-28-21)13-19-5-4-16(31-19)10-15-2-3-17(30-15)11-18-6-9-25(23,27)32-18/h2-14,30,33H,1H3. The lowest BCUT2D eigenvalue weighted by Gasteiger charge is -2.28. The second-order valence-electron chi connectivity index (χ2n) is 8.71. The van der Waals surface area contributed by atoms with E-state index in [1.165, 1.54) is 6.33 Å². The Kier molecular flexibility index (Phi) is 5.08.